The fourth-order valence-electron chi connectivity index (χ4n) is 1.43. The molecule has 0 saturated carbocycles. The molecule has 0 aromatic heterocycles. The van der Waals surface area contributed by atoms with Crippen LogP contribution in [0.15, 0.2) is 36.0 Å². The Morgan fingerprint density at radius 3 is 2.43 bits per heavy atom. The number of hydrogen-bond acceptors (Lipinski definition) is 0. The lowest BCUT2D eigenvalue weighted by Gasteiger charge is -2.04. The van der Waals surface area contributed by atoms with E-state index in [1.165, 1.54) is 24.8 Å². The zero-order chi connectivity index (χ0) is 10.8. The van der Waals surface area contributed by atoms with E-state index in [0.29, 0.717) is 0 Å². The van der Waals surface area contributed by atoms with Crippen molar-refractivity contribution in [1.29, 1.82) is 0 Å². The summed E-state index contributed by atoms with van der Waals surface area (Å²) < 4.78 is 0. The van der Waals surface area contributed by atoms with E-state index in [4.69, 9.17) is 0 Å². The van der Waals surface area contributed by atoms with E-state index in [-0.39, 0.29) is 0 Å². The van der Waals surface area contributed by atoms with E-state index in [9.17, 15) is 0 Å². The average molecular weight is 192 g/mol. The fraction of sp³-hybridized carbons (Fsp3) is 0.571. The maximum atomic E-state index is 3.72. The van der Waals surface area contributed by atoms with Crippen molar-refractivity contribution in [3.63, 3.8) is 0 Å². The van der Waals surface area contributed by atoms with Gasteiger partial charge in [0.1, 0.15) is 0 Å². The molecule has 0 unspecified atom stereocenters. The second-order valence-electron chi connectivity index (χ2n) is 3.72. The molecule has 0 heterocycles. The van der Waals surface area contributed by atoms with Gasteiger partial charge >= 0.3 is 0 Å². The van der Waals surface area contributed by atoms with Gasteiger partial charge in [-0.15, -0.1) is 6.58 Å². The van der Waals surface area contributed by atoms with Gasteiger partial charge in [-0.2, -0.15) is 0 Å². The molecule has 0 spiro atoms. The Labute approximate surface area is 89.4 Å². The predicted molar refractivity (Wildman–Crippen MR) is 66.5 cm³/mol. The second-order valence-corrected chi connectivity index (χ2v) is 3.72. The van der Waals surface area contributed by atoms with Gasteiger partial charge in [-0.3, -0.25) is 0 Å². The summed E-state index contributed by atoms with van der Waals surface area (Å²) >= 11 is 0. The van der Waals surface area contributed by atoms with Gasteiger partial charge in [0.25, 0.3) is 0 Å². The van der Waals surface area contributed by atoms with Crippen LogP contribution < -0.4 is 0 Å². The molecule has 0 fully saturated rings. The third kappa shape index (κ3) is 6.71. The van der Waals surface area contributed by atoms with Crippen molar-refractivity contribution in [1.82, 2.24) is 0 Å². The van der Waals surface area contributed by atoms with Crippen molar-refractivity contribution in [3.8, 4) is 0 Å². The Morgan fingerprint density at radius 2 is 1.93 bits per heavy atom. The summed E-state index contributed by atoms with van der Waals surface area (Å²) in [4.78, 5) is 0. The third-order valence-electron chi connectivity index (χ3n) is 2.57. The maximum Gasteiger partial charge on any atom is -0.0283 e. The highest BCUT2D eigenvalue weighted by Crippen LogP contribution is 2.14. The van der Waals surface area contributed by atoms with Crippen molar-refractivity contribution < 1.29 is 0 Å². The first-order valence-electron chi connectivity index (χ1n) is 5.65. The first-order chi connectivity index (χ1) is 6.74. The highest BCUT2D eigenvalue weighted by Gasteiger charge is 1.94. The third-order valence-corrected chi connectivity index (χ3v) is 2.57. The van der Waals surface area contributed by atoms with Crippen LogP contribution in [0.2, 0.25) is 0 Å². The lowest BCUT2D eigenvalue weighted by molar-refractivity contribution is 0.861. The lowest BCUT2D eigenvalue weighted by Crippen LogP contribution is -1.83. The first-order valence-corrected chi connectivity index (χ1v) is 5.65. The Hall–Kier alpha value is -0.780. The highest BCUT2D eigenvalue weighted by molar-refractivity contribution is 5.06. The predicted octanol–water partition coefficient (Wildman–Crippen LogP) is 5.04. The van der Waals surface area contributed by atoms with Crippen LogP contribution in [0.1, 0.15) is 52.9 Å². The molecule has 0 atom stereocenters. The molecule has 0 radical (unpaired) electrons. The van der Waals surface area contributed by atoms with E-state index in [0.717, 1.165) is 12.8 Å². The van der Waals surface area contributed by atoms with Crippen LogP contribution in [0.5, 0.6) is 0 Å². The molecule has 0 aromatic rings. The van der Waals surface area contributed by atoms with Gasteiger partial charge in [-0.25, -0.2) is 0 Å². The number of hydrogen-bond donors (Lipinski definition) is 0. The van der Waals surface area contributed by atoms with Crippen LogP contribution in [0.3, 0.4) is 0 Å². The van der Waals surface area contributed by atoms with E-state index in [1.807, 2.05) is 6.08 Å². The first kappa shape index (κ1) is 13.2. The summed E-state index contributed by atoms with van der Waals surface area (Å²) in [7, 11) is 0. The van der Waals surface area contributed by atoms with Gasteiger partial charge in [0.05, 0.1) is 0 Å². The molecular weight excluding hydrogens is 168 g/mol. The Kier molecular flexibility index (Phi) is 8.31. The Bertz CT molecular complexity index is 206. The minimum atomic E-state index is 1.10. The van der Waals surface area contributed by atoms with Crippen LogP contribution in [0.4, 0.5) is 0 Å². The molecule has 0 aromatic carbocycles. The largest absolute Gasteiger partial charge is 0.103 e. The number of unbranched alkanes of at least 4 members (excludes halogenated alkanes) is 1. The summed E-state index contributed by atoms with van der Waals surface area (Å²) in [5.74, 6) is 0. The van der Waals surface area contributed by atoms with Crippen LogP contribution in [-0.2, 0) is 0 Å². The maximum absolute atomic E-state index is 3.72. The monoisotopic (exact) mass is 192 g/mol. The molecule has 0 bridgehead atoms. The minimum absolute atomic E-state index is 1.10. The number of rotatable bonds is 7. The van der Waals surface area contributed by atoms with Gasteiger partial charge in [0.2, 0.25) is 0 Å². The van der Waals surface area contributed by atoms with Crippen molar-refractivity contribution in [2.75, 3.05) is 0 Å². The van der Waals surface area contributed by atoms with Crippen LogP contribution >= 0.6 is 0 Å². The van der Waals surface area contributed by atoms with Gasteiger partial charge in [0.15, 0.2) is 0 Å². The molecule has 0 rings (SSSR count). The van der Waals surface area contributed by atoms with Crippen molar-refractivity contribution in [2.45, 2.75) is 52.9 Å². The average Bonchev–Trinajstić information content (AvgIpc) is 2.20. The lowest BCUT2D eigenvalue weighted by atomic mass is 10.0. The Balaban J connectivity index is 3.76. The van der Waals surface area contributed by atoms with Gasteiger partial charge in [0, 0.05) is 0 Å². The highest BCUT2D eigenvalue weighted by atomic mass is 14.0. The quantitative estimate of drug-likeness (QED) is 0.392. The SMILES string of the molecule is C=CCC/C=C(\C)CC/C(=C\C)CC. The second kappa shape index (κ2) is 8.80. The van der Waals surface area contributed by atoms with E-state index >= 15 is 0 Å². The van der Waals surface area contributed by atoms with Crippen molar-refractivity contribution >= 4 is 0 Å². The number of allylic oxidation sites excluding steroid dienone is 5. The van der Waals surface area contributed by atoms with Gasteiger partial charge < -0.3 is 0 Å². The minimum Gasteiger partial charge on any atom is -0.103 e. The molecular formula is C14H24. The summed E-state index contributed by atoms with van der Waals surface area (Å²) in [6.45, 7) is 10.3. The standard InChI is InChI=1S/C14H24/c1-5-8-9-10-13(4)11-12-14(6-2)7-3/h5-6,10H,1,7-9,11-12H2,2-4H3/b13-10+,14-6-. The smallest absolute Gasteiger partial charge is 0.0283 e. The molecule has 0 aliphatic heterocycles. The fourth-order valence-corrected chi connectivity index (χ4v) is 1.43. The zero-order valence-electron chi connectivity index (χ0n) is 9.97. The van der Waals surface area contributed by atoms with E-state index in [1.54, 1.807) is 5.57 Å². The van der Waals surface area contributed by atoms with Crippen LogP contribution in [0.25, 0.3) is 0 Å². The summed E-state index contributed by atoms with van der Waals surface area (Å²) in [6, 6.07) is 0. The summed E-state index contributed by atoms with van der Waals surface area (Å²) in [6.07, 6.45) is 12.4. The van der Waals surface area contributed by atoms with Crippen LogP contribution in [-0.4, -0.2) is 0 Å². The molecule has 0 aliphatic rings. The van der Waals surface area contributed by atoms with Gasteiger partial charge in [-0.1, -0.05) is 36.3 Å². The summed E-state index contributed by atoms with van der Waals surface area (Å²) in [5.41, 5.74) is 3.08. The van der Waals surface area contributed by atoms with E-state index in [2.05, 4.69) is 39.5 Å². The molecule has 0 aliphatic carbocycles. The molecule has 0 heteroatoms. The van der Waals surface area contributed by atoms with E-state index < -0.39 is 0 Å². The zero-order valence-corrected chi connectivity index (χ0v) is 9.97. The molecule has 0 N–H and O–H groups in total. The van der Waals surface area contributed by atoms with Crippen LogP contribution in [0, 0.1) is 0 Å². The van der Waals surface area contributed by atoms with Crippen molar-refractivity contribution in [3.05, 3.63) is 36.0 Å². The molecule has 0 nitrogen and oxygen atoms in total. The van der Waals surface area contributed by atoms with Crippen molar-refractivity contribution in [2.24, 2.45) is 0 Å². The molecule has 0 saturated heterocycles. The topological polar surface area (TPSA) is 0 Å². The molecule has 0 amide bonds. The Morgan fingerprint density at radius 1 is 1.21 bits per heavy atom. The molecule has 80 valence electrons. The molecule has 14 heavy (non-hydrogen) atoms. The van der Waals surface area contributed by atoms with Gasteiger partial charge in [-0.05, 0) is 46.0 Å². The normalized spacial score (nSPS) is 13.1. The summed E-state index contributed by atoms with van der Waals surface area (Å²) in [5, 5.41) is 0.